The number of hydrogen-bond acceptors (Lipinski definition) is 8. The number of ether oxygens (including phenoxy) is 1. The van der Waals surface area contributed by atoms with Crippen molar-refractivity contribution in [2.75, 3.05) is 11.3 Å². The van der Waals surface area contributed by atoms with Crippen molar-refractivity contribution in [2.45, 2.75) is 6.92 Å². The summed E-state index contributed by atoms with van der Waals surface area (Å²) in [5, 5.41) is 8.67. The van der Waals surface area contributed by atoms with E-state index in [1.807, 2.05) is 0 Å². The van der Waals surface area contributed by atoms with Gasteiger partial charge in [-0.05, 0) is 36.7 Å². The maximum Gasteiger partial charge on any atom is 0.352 e. The number of hydrogen-bond donors (Lipinski definition) is 2. The van der Waals surface area contributed by atoms with Crippen molar-refractivity contribution in [3.8, 4) is 0 Å². The Bertz CT molecular complexity index is 943. The molecule has 0 bridgehead atoms. The second-order valence-corrected chi connectivity index (χ2v) is 5.74. The average Bonchev–Trinajstić information content (AvgIpc) is 2.91. The molecule has 0 spiro atoms. The molecule has 1 N–H and O–H groups in total. The molecule has 1 aromatic carbocycles. The lowest BCUT2D eigenvalue weighted by Crippen LogP contribution is -2.03. The van der Waals surface area contributed by atoms with Crippen LogP contribution in [-0.2, 0) is 15.6 Å². The highest BCUT2D eigenvalue weighted by Crippen LogP contribution is 2.28. The van der Waals surface area contributed by atoms with E-state index in [9.17, 15) is 13.2 Å². The average molecular weight is 338 g/mol. The molecule has 0 saturated carbocycles. The zero-order chi connectivity index (χ0) is 15.7. The van der Waals surface area contributed by atoms with Crippen molar-refractivity contribution < 1.29 is 17.9 Å². The van der Waals surface area contributed by atoms with Gasteiger partial charge in [0, 0.05) is 11.1 Å². The molecule has 0 amide bonds. The van der Waals surface area contributed by atoms with Crippen LogP contribution in [0.4, 0.5) is 5.69 Å². The maximum atomic E-state index is 11.9. The highest BCUT2D eigenvalue weighted by molar-refractivity contribution is 7.73. The fourth-order valence-corrected chi connectivity index (χ4v) is 3.05. The van der Waals surface area contributed by atoms with Crippen LogP contribution in [0.1, 0.15) is 16.6 Å². The van der Waals surface area contributed by atoms with E-state index in [0.717, 1.165) is 11.5 Å². The smallest absolute Gasteiger partial charge is 0.352 e. The summed E-state index contributed by atoms with van der Waals surface area (Å²) < 4.78 is 33.0. The van der Waals surface area contributed by atoms with Gasteiger partial charge in [-0.25, -0.2) is 13.2 Å². The Morgan fingerprint density at radius 1 is 1.32 bits per heavy atom. The number of anilines is 1. The van der Waals surface area contributed by atoms with Crippen molar-refractivity contribution >= 4 is 56.0 Å². The predicted octanol–water partition coefficient (Wildman–Crippen LogP) is 1.35. The van der Waals surface area contributed by atoms with Crippen LogP contribution in [0.25, 0.3) is 21.9 Å². The lowest BCUT2D eigenvalue weighted by atomic mass is 10.2. The van der Waals surface area contributed by atoms with E-state index in [0.29, 0.717) is 27.6 Å². The Balaban J connectivity index is 2.19. The normalized spacial score (nSPS) is 11.2. The highest BCUT2D eigenvalue weighted by atomic mass is 32.2. The van der Waals surface area contributed by atoms with E-state index in [4.69, 9.17) is 4.74 Å². The first-order valence-corrected chi connectivity index (χ1v) is 8.19. The fraction of sp³-hybridized carbons (Fsp3) is 0.167. The molecule has 0 aliphatic rings. The van der Waals surface area contributed by atoms with Crippen LogP contribution in [-0.4, -0.2) is 35.6 Å². The van der Waals surface area contributed by atoms with Gasteiger partial charge in [-0.2, -0.15) is 4.37 Å². The molecule has 3 aromatic rings. The zero-order valence-electron chi connectivity index (χ0n) is 11.3. The number of esters is 1. The predicted molar refractivity (Wildman–Crippen MR) is 82.6 cm³/mol. The summed E-state index contributed by atoms with van der Waals surface area (Å²) >= 11 is 0.979. The summed E-state index contributed by atoms with van der Waals surface area (Å²) in [5.74, 6) is -0.499. The van der Waals surface area contributed by atoms with Crippen molar-refractivity contribution in [2.24, 2.45) is 0 Å². The summed E-state index contributed by atoms with van der Waals surface area (Å²) in [4.78, 5) is 12.1. The van der Waals surface area contributed by atoms with Crippen molar-refractivity contribution in [1.29, 1.82) is 0 Å². The fourth-order valence-electron chi connectivity index (χ4n) is 1.98. The van der Waals surface area contributed by atoms with Crippen LogP contribution in [0.2, 0.25) is 0 Å². The molecule has 0 aliphatic carbocycles. The largest absolute Gasteiger partial charge is 0.462 e. The van der Waals surface area contributed by atoms with Gasteiger partial charge in [0.15, 0.2) is 4.88 Å². The first kappa shape index (κ1) is 14.6. The van der Waals surface area contributed by atoms with Crippen LogP contribution in [0, 0.1) is 0 Å². The topological polar surface area (TPSA) is 111 Å². The van der Waals surface area contributed by atoms with Gasteiger partial charge in [-0.15, -0.1) is 10.2 Å². The van der Waals surface area contributed by atoms with E-state index in [1.165, 1.54) is 0 Å². The van der Waals surface area contributed by atoms with Crippen molar-refractivity contribution in [3.05, 3.63) is 23.1 Å². The molecule has 22 heavy (non-hydrogen) atoms. The first-order valence-electron chi connectivity index (χ1n) is 6.24. The second-order valence-electron chi connectivity index (χ2n) is 4.23. The molecular formula is C12H10N4O4S2. The molecule has 0 fully saturated rings. The van der Waals surface area contributed by atoms with E-state index in [1.54, 1.807) is 25.1 Å². The standard InChI is InChI=1S/C12H10N4O4S2/c1-2-20-12(17)11-10-9(15-21-11)7-5-6(16-22(18)19)3-4-8(7)13-14-10/h3-5,22H,2H2,1H3,(H,16,18,19). The summed E-state index contributed by atoms with van der Waals surface area (Å²) in [6.07, 6.45) is 0. The summed E-state index contributed by atoms with van der Waals surface area (Å²) in [6.45, 7) is 1.97. The van der Waals surface area contributed by atoms with Gasteiger partial charge in [0.1, 0.15) is 11.0 Å². The van der Waals surface area contributed by atoms with Gasteiger partial charge in [0.25, 0.3) is 0 Å². The number of carbonyl (C=O) groups excluding carboxylic acids is 1. The Kier molecular flexibility index (Phi) is 3.86. The Morgan fingerprint density at radius 2 is 2.14 bits per heavy atom. The minimum Gasteiger partial charge on any atom is -0.462 e. The van der Waals surface area contributed by atoms with E-state index in [-0.39, 0.29) is 11.5 Å². The second kappa shape index (κ2) is 5.81. The number of rotatable bonds is 4. The molecule has 0 saturated heterocycles. The SMILES string of the molecule is CCOC(=O)c1snc2c1nnc1ccc(N[SH](=O)=O)cc12. The molecule has 2 aromatic heterocycles. The van der Waals surface area contributed by atoms with Crippen molar-refractivity contribution in [1.82, 2.24) is 14.6 Å². The third kappa shape index (κ3) is 2.57. The molecule has 114 valence electrons. The van der Waals surface area contributed by atoms with Crippen LogP contribution in [0.3, 0.4) is 0 Å². The van der Waals surface area contributed by atoms with Gasteiger partial charge in [-0.1, -0.05) is 0 Å². The Labute approximate surface area is 130 Å². The molecule has 8 nitrogen and oxygen atoms in total. The van der Waals surface area contributed by atoms with Crippen LogP contribution >= 0.6 is 11.5 Å². The van der Waals surface area contributed by atoms with Crippen LogP contribution in [0.15, 0.2) is 18.2 Å². The number of nitrogens with zero attached hydrogens (tertiary/aromatic N) is 3. The highest BCUT2D eigenvalue weighted by Gasteiger charge is 2.19. The molecular weight excluding hydrogens is 328 g/mol. The van der Waals surface area contributed by atoms with E-state index >= 15 is 0 Å². The Morgan fingerprint density at radius 3 is 2.86 bits per heavy atom. The number of aromatic nitrogens is 3. The number of fused-ring (bicyclic) bond motifs is 3. The first-order chi connectivity index (χ1) is 10.6. The number of carbonyl (C=O) groups is 1. The molecule has 3 rings (SSSR count). The number of thiol groups is 1. The van der Waals surface area contributed by atoms with Crippen LogP contribution in [0.5, 0.6) is 0 Å². The zero-order valence-corrected chi connectivity index (χ0v) is 13.0. The minimum absolute atomic E-state index is 0.254. The van der Waals surface area contributed by atoms with Crippen LogP contribution < -0.4 is 4.72 Å². The molecule has 0 aliphatic heterocycles. The van der Waals surface area contributed by atoms with Crippen molar-refractivity contribution in [3.63, 3.8) is 0 Å². The van der Waals surface area contributed by atoms with Gasteiger partial charge in [-0.3, -0.25) is 4.72 Å². The van der Waals surface area contributed by atoms with Gasteiger partial charge >= 0.3 is 5.97 Å². The summed E-state index contributed by atoms with van der Waals surface area (Å²) in [5.41, 5.74) is 1.78. The van der Waals surface area contributed by atoms with Gasteiger partial charge in [0.2, 0.25) is 10.9 Å². The third-order valence-corrected chi connectivity index (χ3v) is 4.12. The molecule has 2 heterocycles. The lowest BCUT2D eigenvalue weighted by Gasteiger charge is -2.02. The molecule has 0 atom stereocenters. The third-order valence-electron chi connectivity index (χ3n) is 2.86. The summed E-state index contributed by atoms with van der Waals surface area (Å²) in [6, 6.07) is 4.81. The minimum atomic E-state index is -2.76. The monoisotopic (exact) mass is 338 g/mol. The molecule has 0 radical (unpaired) electrons. The number of benzene rings is 1. The lowest BCUT2D eigenvalue weighted by molar-refractivity contribution is 0.0534. The van der Waals surface area contributed by atoms with E-state index in [2.05, 4.69) is 19.3 Å². The maximum absolute atomic E-state index is 11.9. The van der Waals surface area contributed by atoms with E-state index < -0.39 is 16.9 Å². The Hall–Kier alpha value is -2.33. The molecule has 0 unspecified atom stereocenters. The number of nitrogens with one attached hydrogen (secondary N) is 1. The van der Waals surface area contributed by atoms with Gasteiger partial charge < -0.3 is 4.74 Å². The summed E-state index contributed by atoms with van der Waals surface area (Å²) in [7, 11) is -2.76. The quantitative estimate of drug-likeness (QED) is 0.545. The van der Waals surface area contributed by atoms with Gasteiger partial charge in [0.05, 0.1) is 12.1 Å². The molecule has 10 heteroatoms.